The molecule has 0 aromatic carbocycles. The number of rotatable bonds is 4. The van der Waals surface area contributed by atoms with Crippen molar-refractivity contribution in [3.63, 3.8) is 0 Å². The van der Waals surface area contributed by atoms with E-state index in [4.69, 9.17) is 9.84 Å². The molecule has 0 amide bonds. The maximum atomic E-state index is 8.51. The lowest BCUT2D eigenvalue weighted by Crippen LogP contribution is -2.51. The van der Waals surface area contributed by atoms with Crippen molar-refractivity contribution in [2.24, 2.45) is 0 Å². The van der Waals surface area contributed by atoms with Crippen LogP contribution in [0, 0.1) is 0 Å². The molecule has 1 fully saturated rings. The fraction of sp³-hybridized carbons (Fsp3) is 1.00. The first kappa shape index (κ1) is 9.92. The molecule has 1 heterocycles. The number of likely N-dealkylation sites (N-methyl/N-ethyl adjacent to an activating group) is 1. The molecule has 1 atom stereocenters. The van der Waals surface area contributed by atoms with Crippen molar-refractivity contribution < 1.29 is 9.84 Å². The van der Waals surface area contributed by atoms with E-state index < -0.39 is 0 Å². The zero-order chi connectivity index (χ0) is 8.81. The summed E-state index contributed by atoms with van der Waals surface area (Å²) in [5.74, 6) is 0. The SMILES string of the molecule is CN1CCNCC1COCCO. The predicted molar refractivity (Wildman–Crippen MR) is 47.2 cm³/mol. The number of piperazine rings is 1. The number of nitrogens with zero attached hydrogens (tertiary/aromatic N) is 1. The summed E-state index contributed by atoms with van der Waals surface area (Å²) in [6.07, 6.45) is 0. The van der Waals surface area contributed by atoms with E-state index in [1.807, 2.05) is 0 Å². The van der Waals surface area contributed by atoms with E-state index in [0.717, 1.165) is 19.6 Å². The maximum Gasteiger partial charge on any atom is 0.0698 e. The largest absolute Gasteiger partial charge is 0.394 e. The summed E-state index contributed by atoms with van der Waals surface area (Å²) >= 11 is 0. The molecule has 1 rings (SSSR count). The van der Waals surface area contributed by atoms with Crippen LogP contribution in [0.1, 0.15) is 0 Å². The molecule has 0 bridgehead atoms. The van der Waals surface area contributed by atoms with Gasteiger partial charge in [0.05, 0.1) is 19.8 Å². The Labute approximate surface area is 73.5 Å². The monoisotopic (exact) mass is 174 g/mol. The van der Waals surface area contributed by atoms with Crippen LogP contribution in [0.3, 0.4) is 0 Å². The summed E-state index contributed by atoms with van der Waals surface area (Å²) in [6, 6.07) is 0.463. The molecular weight excluding hydrogens is 156 g/mol. The lowest BCUT2D eigenvalue weighted by molar-refractivity contribution is 0.0404. The van der Waals surface area contributed by atoms with Crippen molar-refractivity contribution in [2.45, 2.75) is 6.04 Å². The maximum absolute atomic E-state index is 8.51. The second-order valence-corrected chi connectivity index (χ2v) is 3.14. The van der Waals surface area contributed by atoms with Crippen molar-refractivity contribution in [2.75, 3.05) is 46.5 Å². The molecular formula is C8H18N2O2. The topological polar surface area (TPSA) is 44.7 Å². The Balaban J connectivity index is 2.11. The van der Waals surface area contributed by atoms with Crippen molar-refractivity contribution in [3.8, 4) is 0 Å². The van der Waals surface area contributed by atoms with E-state index >= 15 is 0 Å². The minimum Gasteiger partial charge on any atom is -0.394 e. The third-order valence-electron chi connectivity index (χ3n) is 2.19. The lowest BCUT2D eigenvalue weighted by Gasteiger charge is -2.32. The van der Waals surface area contributed by atoms with Crippen molar-refractivity contribution in [1.29, 1.82) is 0 Å². The van der Waals surface area contributed by atoms with Crippen molar-refractivity contribution in [1.82, 2.24) is 10.2 Å². The number of hydrogen-bond acceptors (Lipinski definition) is 4. The standard InChI is InChI=1S/C8H18N2O2/c1-10-3-2-9-6-8(10)7-12-5-4-11/h8-9,11H,2-7H2,1H3. The van der Waals surface area contributed by atoms with Crippen molar-refractivity contribution >= 4 is 0 Å². The quantitative estimate of drug-likeness (QED) is 0.531. The van der Waals surface area contributed by atoms with Gasteiger partial charge in [-0.05, 0) is 7.05 Å². The molecule has 1 aliphatic rings. The first-order chi connectivity index (χ1) is 5.84. The molecule has 0 aromatic rings. The first-order valence-electron chi connectivity index (χ1n) is 4.44. The van der Waals surface area contributed by atoms with Crippen LogP contribution in [-0.2, 0) is 4.74 Å². The van der Waals surface area contributed by atoms with Crippen LogP contribution in [-0.4, -0.2) is 62.6 Å². The van der Waals surface area contributed by atoms with E-state index in [0.29, 0.717) is 19.3 Å². The summed E-state index contributed by atoms with van der Waals surface area (Å²) < 4.78 is 5.26. The molecule has 72 valence electrons. The summed E-state index contributed by atoms with van der Waals surface area (Å²) in [4.78, 5) is 2.29. The average molecular weight is 174 g/mol. The van der Waals surface area contributed by atoms with Crippen LogP contribution < -0.4 is 5.32 Å². The second kappa shape index (κ2) is 5.48. The van der Waals surface area contributed by atoms with Crippen LogP contribution in [0.25, 0.3) is 0 Å². The van der Waals surface area contributed by atoms with E-state index in [-0.39, 0.29) is 6.61 Å². The molecule has 1 saturated heterocycles. The van der Waals surface area contributed by atoms with Gasteiger partial charge in [-0.3, -0.25) is 4.90 Å². The molecule has 2 N–H and O–H groups in total. The fourth-order valence-corrected chi connectivity index (χ4v) is 1.33. The van der Waals surface area contributed by atoms with Gasteiger partial charge in [0.15, 0.2) is 0 Å². The van der Waals surface area contributed by atoms with E-state index in [2.05, 4.69) is 17.3 Å². The van der Waals surface area contributed by atoms with E-state index in [1.54, 1.807) is 0 Å². The Kier molecular flexibility index (Phi) is 4.53. The number of aliphatic hydroxyl groups excluding tert-OH is 1. The third-order valence-corrected chi connectivity index (χ3v) is 2.19. The normalized spacial score (nSPS) is 26.0. The Hall–Kier alpha value is -0.160. The highest BCUT2D eigenvalue weighted by atomic mass is 16.5. The Morgan fingerprint density at radius 1 is 1.67 bits per heavy atom. The number of ether oxygens (including phenoxy) is 1. The minimum absolute atomic E-state index is 0.115. The zero-order valence-electron chi connectivity index (χ0n) is 7.62. The number of aliphatic hydroxyl groups is 1. The van der Waals surface area contributed by atoms with Gasteiger partial charge in [-0.25, -0.2) is 0 Å². The lowest BCUT2D eigenvalue weighted by atomic mass is 10.2. The van der Waals surface area contributed by atoms with Gasteiger partial charge in [-0.2, -0.15) is 0 Å². The first-order valence-corrected chi connectivity index (χ1v) is 4.44. The van der Waals surface area contributed by atoms with Gasteiger partial charge in [0.25, 0.3) is 0 Å². The van der Waals surface area contributed by atoms with Gasteiger partial charge in [0.2, 0.25) is 0 Å². The summed E-state index contributed by atoms with van der Waals surface area (Å²) in [6.45, 7) is 4.40. The molecule has 0 aromatic heterocycles. The fourth-order valence-electron chi connectivity index (χ4n) is 1.33. The number of hydrogen-bond donors (Lipinski definition) is 2. The van der Waals surface area contributed by atoms with Crippen molar-refractivity contribution in [3.05, 3.63) is 0 Å². The second-order valence-electron chi connectivity index (χ2n) is 3.14. The minimum atomic E-state index is 0.115. The smallest absolute Gasteiger partial charge is 0.0698 e. The zero-order valence-corrected chi connectivity index (χ0v) is 7.62. The third kappa shape index (κ3) is 3.06. The predicted octanol–water partition coefficient (Wildman–Crippen LogP) is -1.10. The van der Waals surface area contributed by atoms with Crippen LogP contribution in [0.4, 0.5) is 0 Å². The van der Waals surface area contributed by atoms with Gasteiger partial charge in [-0.15, -0.1) is 0 Å². The molecule has 4 nitrogen and oxygen atoms in total. The average Bonchev–Trinajstić information content (AvgIpc) is 2.09. The van der Waals surface area contributed by atoms with Crippen LogP contribution in [0.15, 0.2) is 0 Å². The highest BCUT2D eigenvalue weighted by Crippen LogP contribution is 1.99. The number of nitrogens with one attached hydrogen (secondary N) is 1. The Bertz CT molecular complexity index is 122. The van der Waals surface area contributed by atoms with Crippen LogP contribution in [0.5, 0.6) is 0 Å². The molecule has 4 heteroatoms. The van der Waals surface area contributed by atoms with Gasteiger partial charge >= 0.3 is 0 Å². The van der Waals surface area contributed by atoms with Gasteiger partial charge in [0.1, 0.15) is 0 Å². The molecule has 1 unspecified atom stereocenters. The summed E-state index contributed by atoms with van der Waals surface area (Å²) in [5.41, 5.74) is 0. The Morgan fingerprint density at radius 2 is 2.50 bits per heavy atom. The van der Waals surface area contributed by atoms with E-state index in [1.165, 1.54) is 0 Å². The highest BCUT2D eigenvalue weighted by Gasteiger charge is 2.17. The van der Waals surface area contributed by atoms with E-state index in [9.17, 15) is 0 Å². The summed E-state index contributed by atoms with van der Waals surface area (Å²) in [7, 11) is 2.10. The molecule has 0 aliphatic carbocycles. The molecule has 1 aliphatic heterocycles. The van der Waals surface area contributed by atoms with Crippen LogP contribution >= 0.6 is 0 Å². The van der Waals surface area contributed by atoms with Gasteiger partial charge < -0.3 is 15.2 Å². The van der Waals surface area contributed by atoms with Crippen LogP contribution in [0.2, 0.25) is 0 Å². The summed E-state index contributed by atoms with van der Waals surface area (Å²) in [5, 5.41) is 11.8. The molecule has 0 spiro atoms. The van der Waals surface area contributed by atoms with Gasteiger partial charge in [0, 0.05) is 25.7 Å². The molecule has 0 saturated carbocycles. The molecule has 12 heavy (non-hydrogen) atoms. The highest BCUT2D eigenvalue weighted by molar-refractivity contribution is 4.76. The Morgan fingerprint density at radius 3 is 3.17 bits per heavy atom. The van der Waals surface area contributed by atoms with Gasteiger partial charge in [-0.1, -0.05) is 0 Å². The molecule has 0 radical (unpaired) electrons.